The monoisotopic (exact) mass is 388 g/mol. The van der Waals surface area contributed by atoms with Gasteiger partial charge in [-0.15, -0.1) is 11.3 Å². The van der Waals surface area contributed by atoms with Crippen LogP contribution in [-0.2, 0) is 15.8 Å². The highest BCUT2D eigenvalue weighted by atomic mass is 79.9. The highest BCUT2D eigenvalue weighted by molar-refractivity contribution is 9.11. The molecule has 0 aliphatic carbocycles. The molecule has 1 amide bonds. The second kappa shape index (κ2) is 6.27. The van der Waals surface area contributed by atoms with Gasteiger partial charge in [0.2, 0.25) is 10.0 Å². The fourth-order valence-electron chi connectivity index (χ4n) is 1.68. The molecular formula is C13H13BrN2O3S2. The first-order valence-electron chi connectivity index (χ1n) is 5.91. The van der Waals surface area contributed by atoms with Crippen molar-refractivity contribution in [2.75, 3.05) is 5.32 Å². The van der Waals surface area contributed by atoms with Gasteiger partial charge in [-0.3, -0.25) is 4.79 Å². The van der Waals surface area contributed by atoms with E-state index in [0.29, 0.717) is 16.1 Å². The molecule has 3 N–H and O–H groups in total. The number of thiophene rings is 1. The average molecular weight is 389 g/mol. The molecule has 5 nitrogen and oxygen atoms in total. The number of rotatable bonds is 4. The Kier molecular flexibility index (Phi) is 4.82. The number of anilines is 1. The van der Waals surface area contributed by atoms with E-state index < -0.39 is 10.0 Å². The maximum atomic E-state index is 12.1. The van der Waals surface area contributed by atoms with Gasteiger partial charge in [0, 0.05) is 5.69 Å². The number of benzene rings is 1. The van der Waals surface area contributed by atoms with Crippen LogP contribution in [0.25, 0.3) is 0 Å². The fraction of sp³-hybridized carbons (Fsp3) is 0.154. The Morgan fingerprint density at radius 1 is 1.33 bits per heavy atom. The number of carbonyl (C=O) groups excluding carboxylic acids is 1. The van der Waals surface area contributed by atoms with Crippen LogP contribution >= 0.6 is 27.3 Å². The van der Waals surface area contributed by atoms with Crippen molar-refractivity contribution in [1.29, 1.82) is 0 Å². The van der Waals surface area contributed by atoms with Crippen molar-refractivity contribution in [3.63, 3.8) is 0 Å². The molecule has 2 rings (SSSR count). The minimum Gasteiger partial charge on any atom is -0.321 e. The summed E-state index contributed by atoms with van der Waals surface area (Å²) in [4.78, 5) is 12.7. The van der Waals surface area contributed by atoms with Crippen molar-refractivity contribution < 1.29 is 13.2 Å². The number of nitrogens with two attached hydrogens (primary N) is 1. The molecule has 0 atom stereocenters. The molecule has 21 heavy (non-hydrogen) atoms. The van der Waals surface area contributed by atoms with Crippen LogP contribution in [0.2, 0.25) is 0 Å². The van der Waals surface area contributed by atoms with Gasteiger partial charge in [0.05, 0.1) is 14.4 Å². The summed E-state index contributed by atoms with van der Waals surface area (Å²) in [5.41, 5.74) is 2.18. The molecule has 0 radical (unpaired) electrons. The highest BCUT2D eigenvalue weighted by Crippen LogP contribution is 2.27. The van der Waals surface area contributed by atoms with Crippen molar-refractivity contribution in [1.82, 2.24) is 0 Å². The molecule has 0 aliphatic heterocycles. The first kappa shape index (κ1) is 16.2. The largest absolute Gasteiger partial charge is 0.321 e. The minimum atomic E-state index is -3.55. The van der Waals surface area contributed by atoms with Crippen LogP contribution in [0.5, 0.6) is 0 Å². The zero-order valence-corrected chi connectivity index (χ0v) is 14.3. The lowest BCUT2D eigenvalue weighted by Gasteiger charge is -2.05. The molecule has 0 bridgehead atoms. The van der Waals surface area contributed by atoms with E-state index in [1.165, 1.54) is 11.3 Å². The molecule has 8 heteroatoms. The second-order valence-corrected chi connectivity index (χ2v) is 8.51. The molecule has 2 aromatic rings. The Morgan fingerprint density at radius 3 is 2.43 bits per heavy atom. The summed E-state index contributed by atoms with van der Waals surface area (Å²) in [6.07, 6.45) is 0. The lowest BCUT2D eigenvalue weighted by atomic mass is 10.2. The number of hydrogen-bond donors (Lipinski definition) is 2. The second-order valence-electron chi connectivity index (χ2n) is 4.53. The van der Waals surface area contributed by atoms with E-state index >= 15 is 0 Å². The fourth-order valence-corrected chi connectivity index (χ4v) is 3.77. The number of hydrogen-bond acceptors (Lipinski definition) is 4. The van der Waals surface area contributed by atoms with E-state index in [0.717, 1.165) is 9.35 Å². The number of primary sulfonamides is 1. The summed E-state index contributed by atoms with van der Waals surface area (Å²) in [6.45, 7) is 1.92. The van der Waals surface area contributed by atoms with E-state index in [1.54, 1.807) is 30.3 Å². The van der Waals surface area contributed by atoms with Crippen LogP contribution in [0.1, 0.15) is 20.8 Å². The van der Waals surface area contributed by atoms with Gasteiger partial charge in [-0.2, -0.15) is 0 Å². The third-order valence-corrected chi connectivity index (χ3v) is 5.53. The van der Waals surface area contributed by atoms with Crippen LogP contribution in [0.3, 0.4) is 0 Å². The van der Waals surface area contributed by atoms with Crippen LogP contribution in [0.15, 0.2) is 34.1 Å². The van der Waals surface area contributed by atoms with Gasteiger partial charge < -0.3 is 5.32 Å². The van der Waals surface area contributed by atoms with Gasteiger partial charge in [0.25, 0.3) is 5.91 Å². The zero-order valence-electron chi connectivity index (χ0n) is 11.1. The van der Waals surface area contributed by atoms with Gasteiger partial charge in [-0.1, -0.05) is 12.1 Å². The molecule has 0 spiro atoms. The van der Waals surface area contributed by atoms with E-state index in [2.05, 4.69) is 21.2 Å². The molecule has 1 aromatic carbocycles. The van der Waals surface area contributed by atoms with Crippen LogP contribution in [0.4, 0.5) is 5.69 Å². The third-order valence-electron chi connectivity index (χ3n) is 2.66. The van der Waals surface area contributed by atoms with Gasteiger partial charge in [0.1, 0.15) is 0 Å². The summed E-state index contributed by atoms with van der Waals surface area (Å²) >= 11 is 4.74. The number of amides is 1. The van der Waals surface area contributed by atoms with Crippen molar-refractivity contribution >= 4 is 48.9 Å². The molecular weight excluding hydrogens is 376 g/mol. The summed E-state index contributed by atoms with van der Waals surface area (Å²) < 4.78 is 22.9. The van der Waals surface area contributed by atoms with Gasteiger partial charge in [-0.25, -0.2) is 13.6 Å². The number of halogens is 1. The Labute approximate surface area is 135 Å². The molecule has 0 saturated carbocycles. The van der Waals surface area contributed by atoms with Crippen LogP contribution < -0.4 is 10.5 Å². The maximum absolute atomic E-state index is 12.1. The maximum Gasteiger partial charge on any atom is 0.265 e. The molecule has 0 fully saturated rings. The van der Waals surface area contributed by atoms with Gasteiger partial charge in [-0.05, 0) is 52.2 Å². The minimum absolute atomic E-state index is 0.201. The molecule has 1 aromatic heterocycles. The van der Waals surface area contributed by atoms with Crippen molar-refractivity contribution in [3.05, 3.63) is 50.1 Å². The summed E-state index contributed by atoms with van der Waals surface area (Å²) in [5, 5.41) is 7.74. The first-order valence-corrected chi connectivity index (χ1v) is 9.24. The van der Waals surface area contributed by atoms with Crippen molar-refractivity contribution in [2.24, 2.45) is 5.14 Å². The quantitative estimate of drug-likeness (QED) is 0.843. The Bertz CT molecular complexity index is 748. The lowest BCUT2D eigenvalue weighted by Crippen LogP contribution is -2.14. The molecule has 0 aliphatic rings. The topological polar surface area (TPSA) is 89.3 Å². The third kappa shape index (κ3) is 4.63. The molecule has 0 saturated heterocycles. The van der Waals surface area contributed by atoms with E-state index in [9.17, 15) is 13.2 Å². The highest BCUT2D eigenvalue weighted by Gasteiger charge is 2.11. The van der Waals surface area contributed by atoms with Gasteiger partial charge >= 0.3 is 0 Å². The number of nitrogens with one attached hydrogen (secondary N) is 1. The predicted molar refractivity (Wildman–Crippen MR) is 88.0 cm³/mol. The van der Waals surface area contributed by atoms with E-state index in [1.807, 2.05) is 6.92 Å². The molecule has 0 unspecified atom stereocenters. The Balaban J connectivity index is 2.08. The summed E-state index contributed by atoms with van der Waals surface area (Å²) in [5.74, 6) is -0.425. The van der Waals surface area contributed by atoms with E-state index in [-0.39, 0.29) is 11.7 Å². The first-order chi connectivity index (χ1) is 9.74. The standard InChI is InChI=1S/C13H13BrN2O3S2/c1-8-6-11(20-12(8)14)13(17)16-10-4-2-9(3-5-10)7-21(15,18)19/h2-6H,7H2,1H3,(H,16,17)(H2,15,18,19). The molecule has 1 heterocycles. The Hall–Kier alpha value is -1.22. The van der Waals surface area contributed by atoms with Crippen molar-refractivity contribution in [2.45, 2.75) is 12.7 Å². The molecule has 112 valence electrons. The number of aryl methyl sites for hydroxylation is 1. The predicted octanol–water partition coefficient (Wildman–Crippen LogP) is 2.86. The Morgan fingerprint density at radius 2 is 1.95 bits per heavy atom. The van der Waals surface area contributed by atoms with E-state index in [4.69, 9.17) is 5.14 Å². The van der Waals surface area contributed by atoms with Gasteiger partial charge in [0.15, 0.2) is 0 Å². The summed E-state index contributed by atoms with van der Waals surface area (Å²) in [6, 6.07) is 8.34. The number of sulfonamides is 1. The SMILES string of the molecule is Cc1cc(C(=O)Nc2ccc(CS(N)(=O)=O)cc2)sc1Br. The zero-order chi connectivity index (χ0) is 15.6. The summed E-state index contributed by atoms with van der Waals surface area (Å²) in [7, 11) is -3.55. The normalized spacial score (nSPS) is 11.4. The average Bonchev–Trinajstić information content (AvgIpc) is 2.70. The number of carbonyl (C=O) groups is 1. The lowest BCUT2D eigenvalue weighted by molar-refractivity contribution is 0.103. The smallest absolute Gasteiger partial charge is 0.265 e. The van der Waals surface area contributed by atoms with Crippen LogP contribution in [0, 0.1) is 6.92 Å². The van der Waals surface area contributed by atoms with Crippen LogP contribution in [-0.4, -0.2) is 14.3 Å². The van der Waals surface area contributed by atoms with Crippen molar-refractivity contribution in [3.8, 4) is 0 Å².